The van der Waals surface area contributed by atoms with Crippen LogP contribution in [0.4, 0.5) is 13.2 Å². The molecular formula is C23H25F3N2O5S. The van der Waals surface area contributed by atoms with Gasteiger partial charge in [0.1, 0.15) is 5.75 Å². The third-order valence-electron chi connectivity index (χ3n) is 6.07. The van der Waals surface area contributed by atoms with Crippen LogP contribution in [-0.4, -0.2) is 67.0 Å². The van der Waals surface area contributed by atoms with Crippen molar-refractivity contribution in [2.75, 3.05) is 26.2 Å². The molecule has 184 valence electrons. The second-order valence-electron chi connectivity index (χ2n) is 8.56. The number of benzene rings is 2. The van der Waals surface area contributed by atoms with Crippen LogP contribution in [-0.2, 0) is 29.5 Å². The summed E-state index contributed by atoms with van der Waals surface area (Å²) >= 11 is 0. The van der Waals surface area contributed by atoms with E-state index in [4.69, 9.17) is 0 Å². The van der Waals surface area contributed by atoms with Gasteiger partial charge in [0, 0.05) is 38.3 Å². The van der Waals surface area contributed by atoms with Crippen molar-refractivity contribution in [3.8, 4) is 5.75 Å². The first kappa shape index (κ1) is 24.5. The molecule has 2 aliphatic heterocycles. The number of β-amino-alcohol motifs (C(OH)–C–C–N with tert-alkyl or cyclic N) is 1. The number of hydrogen-bond donors (Lipinski definition) is 1. The molecule has 0 fully saturated rings. The minimum absolute atomic E-state index is 0.122. The summed E-state index contributed by atoms with van der Waals surface area (Å²) in [5.74, 6) is -0.858. The number of aliphatic hydroxyl groups is 1. The van der Waals surface area contributed by atoms with Gasteiger partial charge in [0.15, 0.2) is 0 Å². The number of carbonyl (C=O) groups excluding carboxylic acids is 1. The number of aryl methyl sites for hydroxylation is 1. The molecule has 11 heteroatoms. The van der Waals surface area contributed by atoms with E-state index in [9.17, 15) is 31.5 Å². The lowest BCUT2D eigenvalue weighted by molar-refractivity contribution is -0.0500. The first-order valence-electron chi connectivity index (χ1n) is 10.9. The molecule has 34 heavy (non-hydrogen) atoms. The molecule has 4 rings (SSSR count). The number of nitrogens with zero attached hydrogens (tertiary/aromatic N) is 2. The monoisotopic (exact) mass is 498 g/mol. The summed E-state index contributed by atoms with van der Waals surface area (Å²) in [6.45, 7) is 2.44. The summed E-state index contributed by atoms with van der Waals surface area (Å²) in [5, 5.41) is 10.7. The van der Waals surface area contributed by atoms with Crippen LogP contribution in [0.25, 0.3) is 0 Å². The Bertz CT molecular complexity index is 1170. The highest BCUT2D eigenvalue weighted by Gasteiger charge is 2.48. The maximum Gasteiger partial charge on any atom is 0.534 e. The Kier molecular flexibility index (Phi) is 6.88. The van der Waals surface area contributed by atoms with Crippen molar-refractivity contribution in [3.63, 3.8) is 0 Å². The number of halogens is 3. The molecule has 0 saturated heterocycles. The van der Waals surface area contributed by atoms with Crippen LogP contribution in [0.15, 0.2) is 42.5 Å². The highest BCUT2D eigenvalue weighted by atomic mass is 32.2. The van der Waals surface area contributed by atoms with E-state index in [1.807, 2.05) is 12.1 Å². The molecule has 0 aromatic heterocycles. The molecule has 0 spiro atoms. The van der Waals surface area contributed by atoms with E-state index in [1.165, 1.54) is 22.1 Å². The van der Waals surface area contributed by atoms with Gasteiger partial charge in [-0.25, -0.2) is 0 Å². The Labute approximate surface area is 195 Å². The van der Waals surface area contributed by atoms with Crippen molar-refractivity contribution < 1.29 is 35.7 Å². The summed E-state index contributed by atoms with van der Waals surface area (Å²) in [7, 11) is -5.79. The van der Waals surface area contributed by atoms with Crippen LogP contribution in [0.3, 0.4) is 0 Å². The predicted molar refractivity (Wildman–Crippen MR) is 118 cm³/mol. The molecule has 1 amide bonds. The third-order valence-corrected chi connectivity index (χ3v) is 7.05. The van der Waals surface area contributed by atoms with Gasteiger partial charge in [-0.3, -0.25) is 9.69 Å². The molecule has 0 bridgehead atoms. The van der Waals surface area contributed by atoms with Crippen LogP contribution in [0.5, 0.6) is 5.75 Å². The van der Waals surface area contributed by atoms with E-state index in [0.717, 1.165) is 31.6 Å². The van der Waals surface area contributed by atoms with Crippen LogP contribution < -0.4 is 4.18 Å². The van der Waals surface area contributed by atoms with Gasteiger partial charge in [-0.15, -0.1) is 0 Å². The molecule has 2 heterocycles. The van der Waals surface area contributed by atoms with Crippen molar-refractivity contribution in [3.05, 3.63) is 64.7 Å². The average Bonchev–Trinajstić information content (AvgIpc) is 2.91. The Balaban J connectivity index is 1.40. The standard InChI is InChI=1S/C23H25F3N2O5S/c24-23(25,26)34(31,32)33-20-7-8-21-17(12-20)6-3-10-28(22(21)30)15-19(29)14-27-11-9-16-4-1-2-5-18(16)13-27/h1-2,4-5,7-8,12,19,29H,3,6,9-11,13-15H2/t19-/m1/s1. The SMILES string of the molecule is O=C1c2ccc(OS(=O)(=O)C(F)(F)F)cc2CCCN1C[C@H](O)CN1CCc2ccccc2C1. The normalized spacial score (nSPS) is 18.1. The zero-order valence-corrected chi connectivity index (χ0v) is 19.1. The number of carbonyl (C=O) groups is 1. The van der Waals surface area contributed by atoms with Crippen molar-refractivity contribution in [1.29, 1.82) is 0 Å². The van der Waals surface area contributed by atoms with Crippen molar-refractivity contribution in [2.24, 2.45) is 0 Å². The van der Waals surface area contributed by atoms with E-state index in [2.05, 4.69) is 21.2 Å². The lowest BCUT2D eigenvalue weighted by Gasteiger charge is -2.32. The zero-order valence-electron chi connectivity index (χ0n) is 18.3. The Hall–Kier alpha value is -2.63. The molecule has 2 aromatic carbocycles. The third kappa shape index (κ3) is 5.37. The Morgan fingerprint density at radius 1 is 1.00 bits per heavy atom. The van der Waals surface area contributed by atoms with Crippen molar-refractivity contribution in [2.45, 2.75) is 37.4 Å². The van der Waals surface area contributed by atoms with Gasteiger partial charge in [-0.2, -0.15) is 21.6 Å². The van der Waals surface area contributed by atoms with E-state index >= 15 is 0 Å². The summed E-state index contributed by atoms with van der Waals surface area (Å²) in [6.07, 6.45) is 1.00. The topological polar surface area (TPSA) is 87.2 Å². The van der Waals surface area contributed by atoms with Crippen LogP contribution >= 0.6 is 0 Å². The van der Waals surface area contributed by atoms with Crippen molar-refractivity contribution in [1.82, 2.24) is 9.80 Å². The highest BCUT2D eigenvalue weighted by molar-refractivity contribution is 7.88. The van der Waals surface area contributed by atoms with Gasteiger partial charge < -0.3 is 14.2 Å². The first-order valence-corrected chi connectivity index (χ1v) is 12.3. The fourth-order valence-corrected chi connectivity index (χ4v) is 4.89. The molecular weight excluding hydrogens is 473 g/mol. The fourth-order valence-electron chi connectivity index (χ4n) is 4.44. The first-order chi connectivity index (χ1) is 16.0. The fraction of sp³-hybridized carbons (Fsp3) is 0.435. The number of aliphatic hydroxyl groups excluding tert-OH is 1. The summed E-state index contributed by atoms with van der Waals surface area (Å²) in [4.78, 5) is 16.7. The zero-order chi connectivity index (χ0) is 24.5. The van der Waals surface area contributed by atoms with E-state index in [1.54, 1.807) is 0 Å². The molecule has 0 radical (unpaired) electrons. The molecule has 0 unspecified atom stereocenters. The quantitative estimate of drug-likeness (QED) is 0.487. The van der Waals surface area contributed by atoms with Gasteiger partial charge in [-0.05, 0) is 54.2 Å². The van der Waals surface area contributed by atoms with E-state index in [0.29, 0.717) is 31.5 Å². The van der Waals surface area contributed by atoms with Crippen LogP contribution in [0, 0.1) is 0 Å². The predicted octanol–water partition coefficient (Wildman–Crippen LogP) is 2.72. The summed E-state index contributed by atoms with van der Waals surface area (Å²) in [6, 6.07) is 11.6. The summed E-state index contributed by atoms with van der Waals surface area (Å²) < 4.78 is 64.5. The van der Waals surface area contributed by atoms with E-state index in [-0.39, 0.29) is 18.0 Å². The second-order valence-corrected chi connectivity index (χ2v) is 10.1. The minimum atomic E-state index is -5.79. The largest absolute Gasteiger partial charge is 0.534 e. The second kappa shape index (κ2) is 9.55. The van der Waals surface area contributed by atoms with Gasteiger partial charge in [-0.1, -0.05) is 24.3 Å². The number of amides is 1. The number of fused-ring (bicyclic) bond motifs is 2. The highest BCUT2D eigenvalue weighted by Crippen LogP contribution is 2.30. The van der Waals surface area contributed by atoms with Gasteiger partial charge in [0.05, 0.1) is 6.10 Å². The average molecular weight is 499 g/mol. The van der Waals surface area contributed by atoms with Gasteiger partial charge >= 0.3 is 15.6 Å². The lowest BCUT2D eigenvalue weighted by Crippen LogP contribution is -2.44. The Morgan fingerprint density at radius 3 is 2.47 bits per heavy atom. The van der Waals surface area contributed by atoms with Crippen LogP contribution in [0.2, 0.25) is 0 Å². The molecule has 0 aliphatic carbocycles. The molecule has 1 N–H and O–H groups in total. The smallest absolute Gasteiger partial charge is 0.390 e. The maximum atomic E-state index is 13.0. The van der Waals surface area contributed by atoms with Gasteiger partial charge in [0.25, 0.3) is 5.91 Å². The Morgan fingerprint density at radius 2 is 1.74 bits per heavy atom. The molecule has 7 nitrogen and oxygen atoms in total. The maximum absolute atomic E-state index is 13.0. The number of hydrogen-bond acceptors (Lipinski definition) is 6. The van der Waals surface area contributed by atoms with Crippen LogP contribution in [0.1, 0.15) is 33.5 Å². The number of alkyl halides is 3. The van der Waals surface area contributed by atoms with E-state index < -0.39 is 27.5 Å². The molecule has 1 atom stereocenters. The van der Waals surface area contributed by atoms with Gasteiger partial charge in [0.2, 0.25) is 0 Å². The van der Waals surface area contributed by atoms with Crippen molar-refractivity contribution >= 4 is 16.0 Å². The molecule has 0 saturated carbocycles. The lowest BCUT2D eigenvalue weighted by atomic mass is 10.00. The molecule has 2 aliphatic rings. The molecule has 2 aromatic rings. The summed E-state index contributed by atoms with van der Waals surface area (Å²) in [5.41, 5.74) is -2.35. The number of rotatable bonds is 6. The minimum Gasteiger partial charge on any atom is -0.390 e.